The molecule has 6 nitrogen and oxygen atoms in total. The van der Waals surface area contributed by atoms with Crippen molar-refractivity contribution in [2.45, 2.75) is 12.8 Å². The van der Waals surface area contributed by atoms with E-state index in [1.807, 2.05) is 0 Å². The maximum atomic E-state index is 12.3. The summed E-state index contributed by atoms with van der Waals surface area (Å²) in [4.78, 5) is 12.9. The molecule has 3 aromatic rings. The lowest BCUT2D eigenvalue weighted by Crippen LogP contribution is -2.17. The van der Waals surface area contributed by atoms with E-state index in [-0.39, 0.29) is 5.97 Å². The number of hydrogen-bond donors (Lipinski definition) is 0. The zero-order valence-corrected chi connectivity index (χ0v) is 12.6. The molecule has 0 fully saturated rings. The Kier molecular flexibility index (Phi) is 3.85. The van der Waals surface area contributed by atoms with Gasteiger partial charge in [0.1, 0.15) is 17.3 Å². The summed E-state index contributed by atoms with van der Waals surface area (Å²) in [5.41, 5.74) is 0.780. The highest BCUT2D eigenvalue weighted by Crippen LogP contribution is 2.30. The predicted octanol–water partition coefficient (Wildman–Crippen LogP) is 2.53. The van der Waals surface area contributed by atoms with E-state index in [2.05, 4.69) is 15.3 Å². The average Bonchev–Trinajstić information content (AvgIpc) is 3.03. The number of nitrogens with zero attached hydrogens (tertiary/aromatic N) is 4. The Hall–Kier alpha value is -1.99. The fourth-order valence-corrected chi connectivity index (χ4v) is 3.01. The second kappa shape index (κ2) is 5.79. The molecule has 2 aromatic heterocycles. The van der Waals surface area contributed by atoms with Gasteiger partial charge in [-0.1, -0.05) is 35.1 Å². The number of aromatic nitrogens is 4. The molecule has 0 amide bonds. The van der Waals surface area contributed by atoms with Crippen LogP contribution in [0.2, 0.25) is 5.02 Å². The molecule has 21 heavy (non-hydrogen) atoms. The highest BCUT2D eigenvalue weighted by molar-refractivity contribution is 7.16. The summed E-state index contributed by atoms with van der Waals surface area (Å²) >= 11 is 7.21. The molecule has 0 aliphatic rings. The molecule has 0 saturated carbocycles. The van der Waals surface area contributed by atoms with Crippen LogP contribution in [0.4, 0.5) is 0 Å². The largest absolute Gasteiger partial charge is 0.465 e. The lowest BCUT2D eigenvalue weighted by atomic mass is 10.0. The molecule has 1 unspecified atom stereocenters. The summed E-state index contributed by atoms with van der Waals surface area (Å²) in [6.07, 6.45) is 1.50. The minimum absolute atomic E-state index is 0.312. The van der Waals surface area contributed by atoms with Gasteiger partial charge in [-0.25, -0.2) is 0 Å². The van der Waals surface area contributed by atoms with Crippen LogP contribution in [0.1, 0.15) is 23.4 Å². The van der Waals surface area contributed by atoms with Crippen molar-refractivity contribution in [2.24, 2.45) is 0 Å². The lowest BCUT2D eigenvalue weighted by molar-refractivity contribution is -0.143. The Balaban J connectivity index is 2.04. The first-order valence-electron chi connectivity index (χ1n) is 6.28. The molecule has 0 bridgehead atoms. The summed E-state index contributed by atoms with van der Waals surface area (Å²) in [5.74, 6) is -0.932. The SMILES string of the molecule is CCOC(=O)C(c1ccc(Cl)cc1)c1nn2cnnc2s1. The Labute approximate surface area is 129 Å². The second-order valence-electron chi connectivity index (χ2n) is 4.23. The highest BCUT2D eigenvalue weighted by atomic mass is 35.5. The molecule has 0 radical (unpaired) electrons. The van der Waals surface area contributed by atoms with Gasteiger partial charge in [-0.05, 0) is 24.6 Å². The first-order valence-corrected chi connectivity index (χ1v) is 7.47. The number of carbonyl (C=O) groups is 1. The normalized spacial score (nSPS) is 12.5. The molecule has 108 valence electrons. The fourth-order valence-electron chi connectivity index (χ4n) is 1.95. The molecule has 0 aliphatic heterocycles. The molecule has 1 aromatic carbocycles. The molecule has 8 heteroatoms. The van der Waals surface area contributed by atoms with Crippen molar-refractivity contribution in [1.82, 2.24) is 19.8 Å². The van der Waals surface area contributed by atoms with Crippen LogP contribution in [-0.2, 0) is 9.53 Å². The quantitative estimate of drug-likeness (QED) is 0.690. The lowest BCUT2D eigenvalue weighted by Gasteiger charge is -2.13. The number of ether oxygens (including phenoxy) is 1. The Morgan fingerprint density at radius 1 is 1.43 bits per heavy atom. The number of carbonyl (C=O) groups excluding carboxylic acids is 1. The maximum Gasteiger partial charge on any atom is 0.320 e. The number of benzene rings is 1. The van der Waals surface area contributed by atoms with Gasteiger partial charge in [-0.2, -0.15) is 9.61 Å². The van der Waals surface area contributed by atoms with Gasteiger partial charge in [-0.3, -0.25) is 4.79 Å². The molecule has 3 rings (SSSR count). The van der Waals surface area contributed by atoms with Gasteiger partial charge in [0.15, 0.2) is 0 Å². The van der Waals surface area contributed by atoms with Gasteiger partial charge in [0, 0.05) is 5.02 Å². The fraction of sp³-hybridized carbons (Fsp3) is 0.231. The molecule has 0 N–H and O–H groups in total. The summed E-state index contributed by atoms with van der Waals surface area (Å²) in [6, 6.07) is 7.07. The Bertz CT molecular complexity index is 739. The van der Waals surface area contributed by atoms with Crippen molar-refractivity contribution in [2.75, 3.05) is 6.61 Å². The standard InChI is InChI=1S/C13H11ClN4O2S/c1-2-20-12(19)10(8-3-5-9(14)6-4-8)11-17-18-7-15-16-13(18)21-11/h3-7,10H,2H2,1H3. The number of esters is 1. The van der Waals surface area contributed by atoms with Gasteiger partial charge in [0.25, 0.3) is 0 Å². The summed E-state index contributed by atoms with van der Waals surface area (Å²) < 4.78 is 6.71. The average molecular weight is 323 g/mol. The van der Waals surface area contributed by atoms with Crippen LogP contribution in [0.3, 0.4) is 0 Å². The van der Waals surface area contributed by atoms with E-state index in [9.17, 15) is 4.79 Å². The monoisotopic (exact) mass is 322 g/mol. The molecule has 0 spiro atoms. The van der Waals surface area contributed by atoms with E-state index in [1.54, 1.807) is 35.7 Å². The van der Waals surface area contributed by atoms with Crippen molar-refractivity contribution in [1.29, 1.82) is 0 Å². The van der Waals surface area contributed by atoms with Crippen LogP contribution in [-0.4, -0.2) is 32.4 Å². The third kappa shape index (κ3) is 2.74. The van der Waals surface area contributed by atoms with Crippen molar-refractivity contribution in [3.8, 4) is 0 Å². The highest BCUT2D eigenvalue weighted by Gasteiger charge is 2.28. The molecule has 1 atom stereocenters. The van der Waals surface area contributed by atoms with Crippen molar-refractivity contribution in [3.63, 3.8) is 0 Å². The second-order valence-corrected chi connectivity index (χ2v) is 5.66. The van der Waals surface area contributed by atoms with Crippen molar-refractivity contribution >= 4 is 33.9 Å². The topological polar surface area (TPSA) is 69.4 Å². The van der Waals surface area contributed by atoms with Crippen LogP contribution < -0.4 is 0 Å². The number of halogens is 1. The maximum absolute atomic E-state index is 12.3. The Morgan fingerprint density at radius 3 is 2.86 bits per heavy atom. The smallest absolute Gasteiger partial charge is 0.320 e. The van der Waals surface area contributed by atoms with Gasteiger partial charge in [0.05, 0.1) is 6.61 Å². The van der Waals surface area contributed by atoms with Gasteiger partial charge >= 0.3 is 5.97 Å². The summed E-state index contributed by atoms with van der Waals surface area (Å²) in [5, 5.41) is 13.3. The number of rotatable bonds is 4. The summed E-state index contributed by atoms with van der Waals surface area (Å²) in [7, 11) is 0. The number of fused-ring (bicyclic) bond motifs is 1. The van der Waals surface area contributed by atoms with Crippen LogP contribution in [0, 0.1) is 0 Å². The Morgan fingerprint density at radius 2 is 2.19 bits per heavy atom. The molecule has 0 aliphatic carbocycles. The van der Waals surface area contributed by atoms with Crippen LogP contribution in [0.5, 0.6) is 0 Å². The van der Waals surface area contributed by atoms with Crippen molar-refractivity contribution in [3.05, 3.63) is 46.2 Å². The molecular formula is C13H11ClN4O2S. The molecule has 2 heterocycles. The number of hydrogen-bond acceptors (Lipinski definition) is 6. The van der Waals surface area contributed by atoms with E-state index in [4.69, 9.17) is 16.3 Å². The minimum atomic E-state index is -0.589. The minimum Gasteiger partial charge on any atom is -0.465 e. The van der Waals surface area contributed by atoms with Crippen LogP contribution >= 0.6 is 22.9 Å². The predicted molar refractivity (Wildman–Crippen MR) is 78.6 cm³/mol. The van der Waals surface area contributed by atoms with Crippen LogP contribution in [0.25, 0.3) is 4.96 Å². The van der Waals surface area contributed by atoms with Gasteiger partial charge < -0.3 is 4.74 Å². The first-order chi connectivity index (χ1) is 10.2. The van der Waals surface area contributed by atoms with Crippen molar-refractivity contribution < 1.29 is 9.53 Å². The first kappa shape index (κ1) is 14.0. The summed E-state index contributed by atoms with van der Waals surface area (Å²) in [6.45, 7) is 2.09. The third-order valence-corrected chi connectivity index (χ3v) is 4.10. The third-order valence-electron chi connectivity index (χ3n) is 2.88. The van der Waals surface area contributed by atoms with E-state index >= 15 is 0 Å². The van der Waals surface area contributed by atoms with E-state index < -0.39 is 5.92 Å². The van der Waals surface area contributed by atoms with Gasteiger partial charge in [-0.15, -0.1) is 10.2 Å². The molecular weight excluding hydrogens is 312 g/mol. The zero-order valence-electron chi connectivity index (χ0n) is 11.1. The van der Waals surface area contributed by atoms with Gasteiger partial charge in [0.2, 0.25) is 4.96 Å². The van der Waals surface area contributed by atoms with E-state index in [0.29, 0.717) is 21.6 Å². The zero-order chi connectivity index (χ0) is 14.8. The molecule has 0 saturated heterocycles. The van der Waals surface area contributed by atoms with E-state index in [0.717, 1.165) is 5.56 Å². The van der Waals surface area contributed by atoms with Crippen LogP contribution in [0.15, 0.2) is 30.6 Å². The van der Waals surface area contributed by atoms with E-state index in [1.165, 1.54) is 17.7 Å².